The molecule has 0 unspecified atom stereocenters. The van der Waals surface area contributed by atoms with Gasteiger partial charge in [0.2, 0.25) is 0 Å². The third kappa shape index (κ3) is 3.74. The molecule has 0 saturated heterocycles. The van der Waals surface area contributed by atoms with Gasteiger partial charge in [-0.3, -0.25) is 0 Å². The molecule has 3 N–H and O–H groups in total. The zero-order chi connectivity index (χ0) is 11.8. The molecule has 0 amide bonds. The molecule has 1 aromatic carbocycles. The summed E-state index contributed by atoms with van der Waals surface area (Å²) in [6.45, 7) is 6.26. The first-order valence-corrected chi connectivity index (χ1v) is 5.99. The van der Waals surface area contributed by atoms with E-state index in [1.54, 1.807) is 0 Å². The van der Waals surface area contributed by atoms with Gasteiger partial charge in [-0.15, -0.1) is 0 Å². The van der Waals surface area contributed by atoms with Crippen molar-refractivity contribution >= 4 is 0 Å². The Morgan fingerprint density at radius 3 is 2.38 bits per heavy atom. The second kappa shape index (κ2) is 7.12. The fraction of sp³-hybridized carbons (Fsp3) is 0.538. The predicted molar refractivity (Wildman–Crippen MR) is 64.9 cm³/mol. The molecule has 0 bridgehead atoms. The average molecular weight is 224 g/mol. The van der Waals surface area contributed by atoms with Crippen molar-refractivity contribution in [3.63, 3.8) is 0 Å². The minimum atomic E-state index is 0.665. The molecule has 16 heavy (non-hydrogen) atoms. The van der Waals surface area contributed by atoms with Crippen molar-refractivity contribution in [1.82, 2.24) is 0 Å². The minimum absolute atomic E-state index is 0.665. The second-order valence-corrected chi connectivity index (χ2v) is 3.60. The summed E-state index contributed by atoms with van der Waals surface area (Å²) in [6, 6.07) is 6.17. The van der Waals surface area contributed by atoms with Gasteiger partial charge < -0.3 is 15.2 Å². The van der Waals surface area contributed by atoms with Gasteiger partial charge in [0, 0.05) is 6.42 Å². The van der Waals surface area contributed by atoms with Crippen molar-refractivity contribution in [1.29, 1.82) is 0 Å². The normalized spacial score (nSPS) is 10.2. The zero-order valence-electron chi connectivity index (χ0n) is 10.3. The van der Waals surface area contributed by atoms with Crippen LogP contribution in [-0.4, -0.2) is 19.8 Å². The molecule has 0 aliphatic heterocycles. The molecular weight excluding hydrogens is 202 g/mol. The number of rotatable bonds is 7. The van der Waals surface area contributed by atoms with Gasteiger partial charge in [-0.1, -0.05) is 6.07 Å². The van der Waals surface area contributed by atoms with E-state index in [0.717, 1.165) is 30.9 Å². The van der Waals surface area contributed by atoms with Crippen LogP contribution in [0, 0.1) is 0 Å². The van der Waals surface area contributed by atoms with Gasteiger partial charge in [-0.25, -0.2) is 0 Å². The van der Waals surface area contributed by atoms with Crippen LogP contribution >= 0.6 is 0 Å². The largest absolute Gasteiger partial charge is 0.490 e. The van der Waals surface area contributed by atoms with Crippen molar-refractivity contribution in [2.75, 3.05) is 19.8 Å². The van der Waals surface area contributed by atoms with Crippen LogP contribution in [-0.2, 0) is 6.42 Å². The Balaban J connectivity index is 2.79. The lowest BCUT2D eigenvalue weighted by atomic mass is 10.1. The van der Waals surface area contributed by atoms with Gasteiger partial charge in [0.15, 0.2) is 11.5 Å². The molecule has 0 atom stereocenters. The lowest BCUT2D eigenvalue weighted by molar-refractivity contribution is -0.368. The van der Waals surface area contributed by atoms with Crippen LogP contribution in [0.3, 0.4) is 0 Å². The lowest BCUT2D eigenvalue weighted by Crippen LogP contribution is -2.50. The van der Waals surface area contributed by atoms with Gasteiger partial charge in [0.05, 0.1) is 19.8 Å². The molecule has 0 radical (unpaired) electrons. The fourth-order valence-corrected chi connectivity index (χ4v) is 1.58. The maximum atomic E-state index is 5.57. The van der Waals surface area contributed by atoms with Crippen LogP contribution in [0.15, 0.2) is 18.2 Å². The van der Waals surface area contributed by atoms with E-state index in [2.05, 4.69) is 17.9 Å². The van der Waals surface area contributed by atoms with Gasteiger partial charge in [0.25, 0.3) is 0 Å². The molecule has 0 aromatic heterocycles. The Morgan fingerprint density at radius 2 is 1.75 bits per heavy atom. The van der Waals surface area contributed by atoms with E-state index in [4.69, 9.17) is 9.47 Å². The van der Waals surface area contributed by atoms with Crippen molar-refractivity contribution < 1.29 is 15.2 Å². The molecule has 0 spiro atoms. The molecule has 3 nitrogen and oxygen atoms in total. The first kappa shape index (κ1) is 12.8. The maximum Gasteiger partial charge on any atom is 0.161 e. The van der Waals surface area contributed by atoms with E-state index < -0.39 is 0 Å². The van der Waals surface area contributed by atoms with Gasteiger partial charge in [-0.2, -0.15) is 0 Å². The van der Waals surface area contributed by atoms with E-state index >= 15 is 0 Å². The lowest BCUT2D eigenvalue weighted by Gasteiger charge is -2.12. The van der Waals surface area contributed by atoms with Gasteiger partial charge in [-0.05, 0) is 38.0 Å². The molecule has 0 aliphatic rings. The highest BCUT2D eigenvalue weighted by atomic mass is 16.5. The highest BCUT2D eigenvalue weighted by Crippen LogP contribution is 2.28. The quantitative estimate of drug-likeness (QED) is 0.765. The molecule has 0 fully saturated rings. The summed E-state index contributed by atoms with van der Waals surface area (Å²) >= 11 is 0. The van der Waals surface area contributed by atoms with Crippen LogP contribution < -0.4 is 15.2 Å². The van der Waals surface area contributed by atoms with E-state index in [-0.39, 0.29) is 0 Å². The number of hydrogen-bond acceptors (Lipinski definition) is 2. The smallest absolute Gasteiger partial charge is 0.161 e. The fourth-order valence-electron chi connectivity index (χ4n) is 1.58. The number of aryl methyl sites for hydroxylation is 1. The van der Waals surface area contributed by atoms with E-state index in [1.807, 2.05) is 19.9 Å². The van der Waals surface area contributed by atoms with Crippen molar-refractivity contribution in [3.8, 4) is 11.5 Å². The second-order valence-electron chi connectivity index (χ2n) is 3.60. The van der Waals surface area contributed by atoms with Crippen molar-refractivity contribution in [3.05, 3.63) is 23.8 Å². The molecule has 0 saturated carbocycles. The summed E-state index contributed by atoms with van der Waals surface area (Å²) in [7, 11) is 0. The number of ether oxygens (including phenoxy) is 2. The Bertz CT molecular complexity index is 313. The first-order valence-electron chi connectivity index (χ1n) is 5.99. The molecule has 0 heterocycles. The molecular formula is C13H22NO2+. The Hall–Kier alpha value is -1.22. The van der Waals surface area contributed by atoms with Crippen LogP contribution in [0.25, 0.3) is 0 Å². The molecule has 1 aromatic rings. The molecule has 3 heteroatoms. The van der Waals surface area contributed by atoms with Crippen LogP contribution in [0.5, 0.6) is 11.5 Å². The van der Waals surface area contributed by atoms with Crippen LogP contribution in [0.1, 0.15) is 25.8 Å². The maximum absolute atomic E-state index is 5.57. The van der Waals surface area contributed by atoms with E-state index in [1.165, 1.54) is 5.56 Å². The monoisotopic (exact) mass is 224 g/mol. The molecule has 1 rings (SSSR count). The Kier molecular flexibility index (Phi) is 5.72. The van der Waals surface area contributed by atoms with Crippen molar-refractivity contribution in [2.24, 2.45) is 0 Å². The third-order valence-electron chi connectivity index (χ3n) is 2.32. The summed E-state index contributed by atoms with van der Waals surface area (Å²) in [6.07, 6.45) is 2.16. The van der Waals surface area contributed by atoms with Crippen LogP contribution in [0.4, 0.5) is 0 Å². The highest BCUT2D eigenvalue weighted by molar-refractivity contribution is 5.43. The van der Waals surface area contributed by atoms with E-state index in [9.17, 15) is 0 Å². The van der Waals surface area contributed by atoms with E-state index in [0.29, 0.717) is 13.2 Å². The van der Waals surface area contributed by atoms with Crippen molar-refractivity contribution in [2.45, 2.75) is 26.7 Å². The number of hydrogen-bond donors (Lipinski definition) is 1. The minimum Gasteiger partial charge on any atom is -0.490 e. The zero-order valence-corrected chi connectivity index (χ0v) is 10.3. The summed E-state index contributed by atoms with van der Waals surface area (Å²) in [5, 5.41) is 0. The average Bonchev–Trinajstić information content (AvgIpc) is 2.30. The highest BCUT2D eigenvalue weighted by Gasteiger charge is 2.05. The predicted octanol–water partition coefficient (Wildman–Crippen LogP) is 1.66. The molecule has 0 aliphatic carbocycles. The molecule has 90 valence electrons. The number of benzene rings is 1. The number of quaternary nitrogens is 1. The summed E-state index contributed by atoms with van der Waals surface area (Å²) < 4.78 is 11.1. The summed E-state index contributed by atoms with van der Waals surface area (Å²) in [5.41, 5.74) is 5.14. The standard InChI is InChI=1S/C13H21NO2/c1-3-15-12-8-7-11(6-5-9-14)10-13(12)16-4-2/h7-8,10H,3-6,9,14H2,1-2H3/p+1. The Labute approximate surface area is 97.6 Å². The third-order valence-corrected chi connectivity index (χ3v) is 2.32. The topological polar surface area (TPSA) is 46.1 Å². The van der Waals surface area contributed by atoms with Gasteiger partial charge >= 0.3 is 0 Å². The SMILES string of the molecule is CCOc1ccc(CCC[NH3+])cc1OCC. The van der Waals surface area contributed by atoms with Gasteiger partial charge in [0.1, 0.15) is 0 Å². The van der Waals surface area contributed by atoms with Crippen LogP contribution in [0.2, 0.25) is 0 Å². The summed E-state index contributed by atoms with van der Waals surface area (Å²) in [4.78, 5) is 0. The first-order chi connectivity index (χ1) is 7.81. The summed E-state index contributed by atoms with van der Waals surface area (Å²) in [5.74, 6) is 1.69. The Morgan fingerprint density at radius 1 is 1.06 bits per heavy atom.